The molecule has 2 aromatic rings. The molecule has 2 amide bonds. The van der Waals surface area contributed by atoms with Crippen LogP contribution in [0.1, 0.15) is 22.3 Å². The van der Waals surface area contributed by atoms with Gasteiger partial charge in [-0.25, -0.2) is 0 Å². The zero-order valence-corrected chi connectivity index (χ0v) is 14.0. The maximum atomic E-state index is 12.2. The molecule has 4 N–H and O–H groups in total. The maximum absolute atomic E-state index is 12.2. The molecule has 0 saturated carbocycles. The fourth-order valence-electron chi connectivity index (χ4n) is 2.62. The fourth-order valence-corrected chi connectivity index (χ4v) is 2.62. The molecule has 0 aromatic heterocycles. The van der Waals surface area contributed by atoms with Crippen molar-refractivity contribution in [1.29, 1.82) is 0 Å². The molecule has 126 valence electrons. The van der Waals surface area contributed by atoms with Crippen LogP contribution in [0.15, 0.2) is 24.3 Å². The molecule has 2 rings (SSSR count). The third-order valence-corrected chi connectivity index (χ3v) is 3.72. The van der Waals surface area contributed by atoms with E-state index in [0.29, 0.717) is 33.6 Å². The number of benzene rings is 2. The second kappa shape index (κ2) is 6.62. The van der Waals surface area contributed by atoms with Gasteiger partial charge in [0.25, 0.3) is 0 Å². The van der Waals surface area contributed by atoms with E-state index in [1.54, 1.807) is 27.7 Å². The molecule has 0 aliphatic heterocycles. The summed E-state index contributed by atoms with van der Waals surface area (Å²) in [5.74, 6) is -1.41. The molecule has 0 radical (unpaired) electrons. The second-order valence-corrected chi connectivity index (χ2v) is 5.82. The van der Waals surface area contributed by atoms with Gasteiger partial charge in [0.1, 0.15) is 11.5 Å². The van der Waals surface area contributed by atoms with E-state index in [1.165, 1.54) is 24.3 Å². The summed E-state index contributed by atoms with van der Waals surface area (Å²) in [4.78, 5) is 24.3. The monoisotopic (exact) mass is 328 g/mol. The van der Waals surface area contributed by atoms with Gasteiger partial charge in [-0.2, -0.15) is 0 Å². The van der Waals surface area contributed by atoms with E-state index in [4.69, 9.17) is 0 Å². The normalized spacial score (nSPS) is 10.3. The van der Waals surface area contributed by atoms with E-state index in [0.717, 1.165) is 0 Å². The third kappa shape index (κ3) is 3.65. The molecular weight excluding hydrogens is 308 g/mol. The molecule has 0 unspecified atom stereocenters. The van der Waals surface area contributed by atoms with Gasteiger partial charge in [0.05, 0.1) is 0 Å². The lowest BCUT2D eigenvalue weighted by Gasteiger charge is -2.14. The van der Waals surface area contributed by atoms with E-state index in [2.05, 4.69) is 10.6 Å². The van der Waals surface area contributed by atoms with Gasteiger partial charge >= 0.3 is 11.8 Å². The zero-order chi connectivity index (χ0) is 18.0. The van der Waals surface area contributed by atoms with Gasteiger partial charge in [0, 0.05) is 11.4 Å². The lowest BCUT2D eigenvalue weighted by Crippen LogP contribution is -2.30. The third-order valence-electron chi connectivity index (χ3n) is 3.72. The summed E-state index contributed by atoms with van der Waals surface area (Å²) in [5, 5.41) is 24.2. The standard InChI is InChI=1S/C18H20N2O4/c1-9-5-13(21)6-10(2)15(9)19-17(23)18(24)20-16-11(3)7-14(22)8-12(16)4/h5-8,21-22H,1-4H3,(H,19,23)(H,20,24). The summed E-state index contributed by atoms with van der Waals surface area (Å²) >= 11 is 0. The number of nitrogens with one attached hydrogen (secondary N) is 2. The first-order valence-electron chi connectivity index (χ1n) is 7.41. The molecule has 6 nitrogen and oxygen atoms in total. The molecular formula is C18H20N2O4. The van der Waals surface area contributed by atoms with Crippen LogP contribution in [0.2, 0.25) is 0 Å². The van der Waals surface area contributed by atoms with E-state index >= 15 is 0 Å². The number of hydrogen-bond acceptors (Lipinski definition) is 4. The van der Waals surface area contributed by atoms with Crippen LogP contribution in [0.5, 0.6) is 11.5 Å². The predicted molar refractivity (Wildman–Crippen MR) is 92.4 cm³/mol. The smallest absolute Gasteiger partial charge is 0.314 e. The fraction of sp³-hybridized carbons (Fsp3) is 0.222. The summed E-state index contributed by atoms with van der Waals surface area (Å²) < 4.78 is 0. The number of anilines is 2. The quantitative estimate of drug-likeness (QED) is 0.503. The van der Waals surface area contributed by atoms with E-state index in [9.17, 15) is 19.8 Å². The number of aryl methyl sites for hydroxylation is 4. The molecule has 2 aromatic carbocycles. The highest BCUT2D eigenvalue weighted by Crippen LogP contribution is 2.27. The van der Waals surface area contributed by atoms with Crippen molar-refractivity contribution in [2.45, 2.75) is 27.7 Å². The van der Waals surface area contributed by atoms with Crippen molar-refractivity contribution in [2.24, 2.45) is 0 Å². The van der Waals surface area contributed by atoms with Crippen molar-refractivity contribution in [3.05, 3.63) is 46.5 Å². The average Bonchev–Trinajstić information content (AvgIpc) is 2.46. The van der Waals surface area contributed by atoms with Gasteiger partial charge in [0.2, 0.25) is 0 Å². The molecule has 6 heteroatoms. The Morgan fingerprint density at radius 2 is 0.917 bits per heavy atom. The maximum Gasteiger partial charge on any atom is 0.314 e. The van der Waals surface area contributed by atoms with Crippen molar-refractivity contribution < 1.29 is 19.8 Å². The molecule has 0 heterocycles. The van der Waals surface area contributed by atoms with Crippen molar-refractivity contribution >= 4 is 23.2 Å². The van der Waals surface area contributed by atoms with E-state index in [-0.39, 0.29) is 11.5 Å². The van der Waals surface area contributed by atoms with Crippen LogP contribution in [0.3, 0.4) is 0 Å². The number of rotatable bonds is 2. The molecule has 0 aliphatic rings. The van der Waals surface area contributed by atoms with Crippen LogP contribution in [0, 0.1) is 27.7 Å². The number of hydrogen-bond donors (Lipinski definition) is 4. The molecule has 0 aliphatic carbocycles. The summed E-state index contributed by atoms with van der Waals surface area (Å²) in [5.41, 5.74) is 3.62. The number of aromatic hydroxyl groups is 2. The first-order chi connectivity index (χ1) is 11.2. The van der Waals surface area contributed by atoms with Gasteiger partial charge in [-0.1, -0.05) is 0 Å². The second-order valence-electron chi connectivity index (χ2n) is 5.82. The van der Waals surface area contributed by atoms with Crippen LogP contribution in [-0.4, -0.2) is 22.0 Å². The summed E-state index contributed by atoms with van der Waals surface area (Å²) in [6, 6.07) is 6.03. The van der Waals surface area contributed by atoms with Gasteiger partial charge in [-0.05, 0) is 74.2 Å². The van der Waals surface area contributed by atoms with Gasteiger partial charge in [-0.15, -0.1) is 0 Å². The molecule has 24 heavy (non-hydrogen) atoms. The molecule has 0 spiro atoms. The first-order valence-corrected chi connectivity index (χ1v) is 7.41. The Morgan fingerprint density at radius 1 is 0.667 bits per heavy atom. The van der Waals surface area contributed by atoms with Gasteiger partial charge in [0.15, 0.2) is 0 Å². The summed E-state index contributed by atoms with van der Waals surface area (Å²) in [6.45, 7) is 6.92. The molecule has 0 atom stereocenters. The zero-order valence-electron chi connectivity index (χ0n) is 14.0. The Morgan fingerprint density at radius 3 is 1.17 bits per heavy atom. The average molecular weight is 328 g/mol. The Labute approximate surface area is 140 Å². The Kier molecular flexibility index (Phi) is 4.78. The number of phenolic OH excluding ortho intramolecular Hbond substituents is 2. The molecule has 0 bridgehead atoms. The van der Waals surface area contributed by atoms with E-state index in [1.807, 2.05) is 0 Å². The van der Waals surface area contributed by atoms with Crippen molar-refractivity contribution in [3.8, 4) is 11.5 Å². The van der Waals surface area contributed by atoms with Crippen LogP contribution in [-0.2, 0) is 9.59 Å². The Balaban J connectivity index is 2.19. The van der Waals surface area contributed by atoms with Crippen LogP contribution in [0.4, 0.5) is 11.4 Å². The van der Waals surface area contributed by atoms with Crippen molar-refractivity contribution in [3.63, 3.8) is 0 Å². The minimum absolute atomic E-state index is 0.0998. The topological polar surface area (TPSA) is 98.7 Å². The Bertz CT molecular complexity index is 712. The number of carbonyl (C=O) groups is 2. The van der Waals surface area contributed by atoms with Gasteiger partial charge in [-0.3, -0.25) is 9.59 Å². The lowest BCUT2D eigenvalue weighted by atomic mass is 10.1. The Hall–Kier alpha value is -3.02. The SMILES string of the molecule is Cc1cc(O)cc(C)c1NC(=O)C(=O)Nc1c(C)cc(O)cc1C. The number of carbonyl (C=O) groups excluding carboxylic acids is 2. The van der Waals surface area contributed by atoms with Crippen molar-refractivity contribution in [1.82, 2.24) is 0 Å². The molecule has 0 saturated heterocycles. The summed E-state index contributed by atoms with van der Waals surface area (Å²) in [6.07, 6.45) is 0. The molecule has 0 fully saturated rings. The lowest BCUT2D eigenvalue weighted by molar-refractivity contribution is -0.133. The number of amides is 2. The number of phenols is 2. The van der Waals surface area contributed by atoms with E-state index < -0.39 is 11.8 Å². The first kappa shape index (κ1) is 17.3. The highest BCUT2D eigenvalue weighted by molar-refractivity contribution is 6.44. The van der Waals surface area contributed by atoms with Crippen LogP contribution < -0.4 is 10.6 Å². The van der Waals surface area contributed by atoms with Crippen molar-refractivity contribution in [2.75, 3.05) is 10.6 Å². The van der Waals surface area contributed by atoms with Crippen LogP contribution >= 0.6 is 0 Å². The largest absolute Gasteiger partial charge is 0.508 e. The highest BCUT2D eigenvalue weighted by atomic mass is 16.3. The predicted octanol–water partition coefficient (Wildman–Crippen LogP) is 2.91. The minimum atomic E-state index is -0.807. The minimum Gasteiger partial charge on any atom is -0.508 e. The van der Waals surface area contributed by atoms with Crippen LogP contribution in [0.25, 0.3) is 0 Å². The highest BCUT2D eigenvalue weighted by Gasteiger charge is 2.18. The van der Waals surface area contributed by atoms with Gasteiger partial charge < -0.3 is 20.8 Å². The summed E-state index contributed by atoms with van der Waals surface area (Å²) in [7, 11) is 0.